The maximum absolute atomic E-state index is 11.5. The summed E-state index contributed by atoms with van der Waals surface area (Å²) in [7, 11) is 0. The molecule has 0 aliphatic heterocycles. The van der Waals surface area contributed by atoms with Gasteiger partial charge in [-0.2, -0.15) is 0 Å². The smallest absolute Gasteiger partial charge is 0.407 e. The Hall–Kier alpha value is -1.72. The van der Waals surface area contributed by atoms with Crippen LogP contribution in [0.5, 0.6) is 0 Å². The highest BCUT2D eigenvalue weighted by Gasteiger charge is 2.15. The summed E-state index contributed by atoms with van der Waals surface area (Å²) in [5.41, 5.74) is 0.569. The zero-order valence-corrected chi connectivity index (χ0v) is 14.2. The monoisotopic (exact) mass is 299 g/mol. The number of hydrogen-bond donors (Lipinski definition) is 3. The van der Waals surface area contributed by atoms with Gasteiger partial charge in [0.05, 0.1) is 0 Å². The Morgan fingerprint density at radius 1 is 1.00 bits per heavy atom. The molecule has 0 bridgehead atoms. The summed E-state index contributed by atoms with van der Waals surface area (Å²) in [6, 6.07) is -0.301. The number of carbonyl (C=O) groups excluding carboxylic acids is 2. The fourth-order valence-electron chi connectivity index (χ4n) is 1.10. The summed E-state index contributed by atoms with van der Waals surface area (Å²) in [5.74, 6) is 0. The van der Waals surface area contributed by atoms with E-state index in [9.17, 15) is 9.59 Å². The molecule has 0 aromatic heterocycles. The van der Waals surface area contributed by atoms with E-state index < -0.39 is 11.7 Å². The molecule has 0 aromatic rings. The molecule has 6 nitrogen and oxygen atoms in total. The van der Waals surface area contributed by atoms with Crippen LogP contribution in [0.3, 0.4) is 0 Å². The van der Waals surface area contributed by atoms with Crippen LogP contribution in [-0.4, -0.2) is 30.8 Å². The SMILES string of the molecule is C/C(=C\NC(=O)NCCNC(=O)OC(C)(C)C)C(C)(C)C. The first-order valence-corrected chi connectivity index (χ1v) is 7.10. The minimum absolute atomic E-state index is 0.0194. The lowest BCUT2D eigenvalue weighted by Crippen LogP contribution is -2.40. The molecule has 0 rings (SSSR count). The van der Waals surface area contributed by atoms with E-state index in [4.69, 9.17) is 4.74 Å². The quantitative estimate of drug-likeness (QED) is 0.698. The number of alkyl carbamates (subject to hydrolysis) is 1. The fourth-order valence-corrected chi connectivity index (χ4v) is 1.10. The van der Waals surface area contributed by atoms with Crippen molar-refractivity contribution in [3.8, 4) is 0 Å². The van der Waals surface area contributed by atoms with Gasteiger partial charge in [0.1, 0.15) is 5.60 Å². The van der Waals surface area contributed by atoms with Crippen LogP contribution in [0.4, 0.5) is 9.59 Å². The molecule has 0 atom stereocenters. The van der Waals surface area contributed by atoms with E-state index in [1.807, 2.05) is 6.92 Å². The van der Waals surface area contributed by atoms with Crippen molar-refractivity contribution in [2.75, 3.05) is 13.1 Å². The predicted octanol–water partition coefficient (Wildman–Crippen LogP) is 2.76. The molecule has 3 amide bonds. The Bertz CT molecular complexity index is 390. The summed E-state index contributed by atoms with van der Waals surface area (Å²) in [4.78, 5) is 22.9. The second-order valence-corrected chi connectivity index (χ2v) is 6.91. The third-order valence-corrected chi connectivity index (χ3v) is 2.68. The topological polar surface area (TPSA) is 79.5 Å². The van der Waals surface area contributed by atoms with Crippen molar-refractivity contribution >= 4 is 12.1 Å². The van der Waals surface area contributed by atoms with E-state index >= 15 is 0 Å². The minimum Gasteiger partial charge on any atom is -0.444 e. The van der Waals surface area contributed by atoms with Gasteiger partial charge in [-0.3, -0.25) is 0 Å². The lowest BCUT2D eigenvalue weighted by atomic mass is 9.88. The normalized spacial score (nSPS) is 12.6. The number of allylic oxidation sites excluding steroid dienone is 1. The van der Waals surface area contributed by atoms with Crippen molar-refractivity contribution in [3.63, 3.8) is 0 Å². The second-order valence-electron chi connectivity index (χ2n) is 6.91. The first-order chi connectivity index (χ1) is 9.42. The molecule has 0 heterocycles. The number of amides is 3. The van der Waals surface area contributed by atoms with Crippen LogP contribution in [0.2, 0.25) is 0 Å². The van der Waals surface area contributed by atoms with Crippen LogP contribution in [-0.2, 0) is 4.74 Å². The third kappa shape index (κ3) is 10.7. The van der Waals surface area contributed by atoms with Crippen molar-refractivity contribution < 1.29 is 14.3 Å². The Morgan fingerprint density at radius 2 is 1.52 bits per heavy atom. The molecule has 0 aliphatic carbocycles. The molecule has 0 spiro atoms. The molecule has 0 radical (unpaired) electrons. The largest absolute Gasteiger partial charge is 0.444 e. The van der Waals surface area contributed by atoms with Gasteiger partial charge in [0, 0.05) is 19.3 Å². The van der Waals surface area contributed by atoms with Crippen molar-refractivity contribution in [2.24, 2.45) is 5.41 Å². The molecular formula is C15H29N3O3. The van der Waals surface area contributed by atoms with E-state index in [1.165, 1.54) is 0 Å². The number of rotatable bonds is 4. The number of ether oxygens (including phenoxy) is 1. The van der Waals surface area contributed by atoms with Crippen molar-refractivity contribution in [2.45, 2.75) is 54.1 Å². The fraction of sp³-hybridized carbons (Fsp3) is 0.733. The summed E-state index contributed by atoms with van der Waals surface area (Å²) < 4.78 is 5.07. The lowest BCUT2D eigenvalue weighted by Gasteiger charge is -2.20. The zero-order valence-electron chi connectivity index (χ0n) is 14.2. The molecule has 3 N–H and O–H groups in total. The maximum atomic E-state index is 11.5. The summed E-state index contributed by atoms with van der Waals surface area (Å²) in [6.07, 6.45) is 1.20. The third-order valence-electron chi connectivity index (χ3n) is 2.68. The number of hydrogen-bond acceptors (Lipinski definition) is 3. The van der Waals surface area contributed by atoms with E-state index in [2.05, 4.69) is 36.7 Å². The van der Waals surface area contributed by atoms with Gasteiger partial charge in [0.2, 0.25) is 0 Å². The zero-order chi connectivity index (χ0) is 16.7. The van der Waals surface area contributed by atoms with E-state index in [0.29, 0.717) is 13.1 Å². The minimum atomic E-state index is -0.524. The van der Waals surface area contributed by atoms with E-state index in [1.54, 1.807) is 27.0 Å². The highest BCUT2D eigenvalue weighted by Crippen LogP contribution is 2.23. The van der Waals surface area contributed by atoms with Crippen LogP contribution in [0.25, 0.3) is 0 Å². The van der Waals surface area contributed by atoms with Crippen LogP contribution >= 0.6 is 0 Å². The molecule has 0 unspecified atom stereocenters. The van der Waals surface area contributed by atoms with Crippen molar-refractivity contribution in [1.82, 2.24) is 16.0 Å². The highest BCUT2D eigenvalue weighted by molar-refractivity contribution is 5.75. The predicted molar refractivity (Wildman–Crippen MR) is 84.0 cm³/mol. The summed E-state index contributed by atoms with van der Waals surface area (Å²) in [6.45, 7) is 14.2. The van der Waals surface area contributed by atoms with E-state index in [-0.39, 0.29) is 11.4 Å². The van der Waals surface area contributed by atoms with E-state index in [0.717, 1.165) is 5.57 Å². The van der Waals surface area contributed by atoms with Gasteiger partial charge < -0.3 is 20.7 Å². The van der Waals surface area contributed by atoms with Gasteiger partial charge in [-0.25, -0.2) is 9.59 Å². The van der Waals surface area contributed by atoms with Crippen LogP contribution < -0.4 is 16.0 Å². The lowest BCUT2D eigenvalue weighted by molar-refractivity contribution is 0.0528. The van der Waals surface area contributed by atoms with Gasteiger partial charge >= 0.3 is 12.1 Å². The number of carbonyl (C=O) groups is 2. The van der Waals surface area contributed by atoms with Gasteiger partial charge in [-0.05, 0) is 33.1 Å². The number of nitrogens with one attached hydrogen (secondary N) is 3. The molecule has 0 fully saturated rings. The first-order valence-electron chi connectivity index (χ1n) is 7.10. The average molecular weight is 299 g/mol. The molecule has 0 aromatic carbocycles. The Kier molecular flexibility index (Phi) is 7.26. The molecule has 0 aliphatic rings. The molecule has 0 saturated heterocycles. The van der Waals surface area contributed by atoms with Gasteiger partial charge in [-0.1, -0.05) is 26.3 Å². The van der Waals surface area contributed by atoms with Crippen LogP contribution in [0.1, 0.15) is 48.5 Å². The Labute approximate surface area is 127 Å². The van der Waals surface area contributed by atoms with Crippen molar-refractivity contribution in [3.05, 3.63) is 11.8 Å². The molecule has 122 valence electrons. The standard InChI is InChI=1S/C15H29N3O3/c1-11(14(2,3)4)10-18-12(19)16-8-9-17-13(20)21-15(5,6)7/h10H,8-9H2,1-7H3,(H,17,20)(H2,16,18,19)/b11-10+. The van der Waals surface area contributed by atoms with Crippen LogP contribution in [0.15, 0.2) is 11.8 Å². The van der Waals surface area contributed by atoms with Gasteiger partial charge in [0.15, 0.2) is 0 Å². The van der Waals surface area contributed by atoms with Crippen LogP contribution in [0, 0.1) is 5.41 Å². The highest BCUT2D eigenvalue weighted by atomic mass is 16.6. The molecule has 6 heteroatoms. The summed E-state index contributed by atoms with van der Waals surface area (Å²) in [5, 5.41) is 7.87. The number of urea groups is 1. The van der Waals surface area contributed by atoms with Crippen molar-refractivity contribution in [1.29, 1.82) is 0 Å². The Morgan fingerprint density at radius 3 is 2.00 bits per heavy atom. The molecule has 0 saturated carbocycles. The average Bonchev–Trinajstić information content (AvgIpc) is 2.28. The Balaban J connectivity index is 3.89. The molecular weight excluding hydrogens is 270 g/mol. The first kappa shape index (κ1) is 19.3. The van der Waals surface area contributed by atoms with Gasteiger partial charge in [-0.15, -0.1) is 0 Å². The maximum Gasteiger partial charge on any atom is 0.407 e. The van der Waals surface area contributed by atoms with Gasteiger partial charge in [0.25, 0.3) is 0 Å². The molecule has 21 heavy (non-hydrogen) atoms. The summed E-state index contributed by atoms with van der Waals surface area (Å²) >= 11 is 0. The second kappa shape index (κ2) is 7.90.